The largest absolute Gasteiger partial charge is 0.355 e. The van der Waals surface area contributed by atoms with Gasteiger partial charge in [0, 0.05) is 12.6 Å². The Morgan fingerprint density at radius 2 is 1.62 bits per heavy atom. The first-order chi connectivity index (χ1) is 10.0. The molecule has 3 nitrogen and oxygen atoms in total. The van der Waals surface area contributed by atoms with Crippen LogP contribution in [0.2, 0.25) is 0 Å². The minimum atomic E-state index is -0.0699. The highest BCUT2D eigenvalue weighted by Crippen LogP contribution is 2.61. The third-order valence-electron chi connectivity index (χ3n) is 6.45. The minimum absolute atomic E-state index is 0.0699. The number of rotatable bonds is 6. The molecule has 2 unspecified atom stereocenters. The fourth-order valence-corrected chi connectivity index (χ4v) is 5.74. The molecule has 0 aromatic carbocycles. The van der Waals surface area contributed by atoms with Crippen molar-refractivity contribution in [1.29, 1.82) is 0 Å². The molecule has 0 aromatic heterocycles. The normalized spacial score (nSPS) is 40.0. The third-order valence-corrected chi connectivity index (χ3v) is 6.45. The van der Waals surface area contributed by atoms with Gasteiger partial charge in [-0.1, -0.05) is 6.92 Å². The number of carbonyl (C=O) groups is 1. The zero-order valence-electron chi connectivity index (χ0n) is 14.0. The topological polar surface area (TPSA) is 41.1 Å². The molecule has 120 valence electrons. The summed E-state index contributed by atoms with van der Waals surface area (Å²) >= 11 is 0. The molecule has 2 N–H and O–H groups in total. The molecule has 4 fully saturated rings. The average Bonchev–Trinajstić information content (AvgIpc) is 2.43. The minimum Gasteiger partial charge on any atom is -0.355 e. The highest BCUT2D eigenvalue weighted by atomic mass is 16.2. The van der Waals surface area contributed by atoms with Crippen LogP contribution < -0.4 is 10.6 Å². The molecule has 0 radical (unpaired) electrons. The van der Waals surface area contributed by atoms with Gasteiger partial charge in [0.1, 0.15) is 0 Å². The van der Waals surface area contributed by atoms with E-state index in [1.807, 2.05) is 6.92 Å². The van der Waals surface area contributed by atoms with E-state index in [0.29, 0.717) is 11.5 Å². The Morgan fingerprint density at radius 1 is 1.10 bits per heavy atom. The van der Waals surface area contributed by atoms with Gasteiger partial charge in [-0.2, -0.15) is 0 Å². The summed E-state index contributed by atoms with van der Waals surface area (Å²) in [5.41, 5.74) is 0.480. The second-order valence-corrected chi connectivity index (χ2v) is 8.18. The van der Waals surface area contributed by atoms with Gasteiger partial charge in [0.05, 0.1) is 6.04 Å². The fraction of sp³-hybridized carbons (Fsp3) is 0.944. The van der Waals surface area contributed by atoms with Crippen LogP contribution in [0, 0.1) is 23.2 Å². The maximum Gasteiger partial charge on any atom is 0.236 e. The molecule has 0 aromatic rings. The van der Waals surface area contributed by atoms with Gasteiger partial charge in [0.15, 0.2) is 0 Å². The monoisotopic (exact) mass is 292 g/mol. The van der Waals surface area contributed by atoms with Crippen molar-refractivity contribution in [3.8, 4) is 0 Å². The lowest BCUT2D eigenvalue weighted by Crippen LogP contribution is -2.58. The number of amides is 1. The molecule has 4 bridgehead atoms. The van der Waals surface area contributed by atoms with Crippen LogP contribution in [0.15, 0.2) is 0 Å². The Morgan fingerprint density at radius 3 is 2.10 bits per heavy atom. The first kappa shape index (κ1) is 15.3. The summed E-state index contributed by atoms with van der Waals surface area (Å²) in [6.45, 7) is 7.23. The lowest BCUT2D eigenvalue weighted by molar-refractivity contribution is -0.124. The van der Waals surface area contributed by atoms with Crippen LogP contribution in [0.1, 0.15) is 65.7 Å². The van der Waals surface area contributed by atoms with Crippen LogP contribution in [0.4, 0.5) is 0 Å². The maximum atomic E-state index is 12.1. The first-order valence-electron chi connectivity index (χ1n) is 9.06. The zero-order chi connectivity index (χ0) is 15.0. The van der Waals surface area contributed by atoms with Crippen molar-refractivity contribution < 1.29 is 4.79 Å². The smallest absolute Gasteiger partial charge is 0.236 e. The lowest BCUT2D eigenvalue weighted by Gasteiger charge is -2.59. The summed E-state index contributed by atoms with van der Waals surface area (Å²) in [7, 11) is 0. The number of hydrogen-bond donors (Lipinski definition) is 2. The van der Waals surface area contributed by atoms with E-state index in [-0.39, 0.29) is 11.9 Å². The number of nitrogens with one attached hydrogen (secondary N) is 2. The fourth-order valence-electron chi connectivity index (χ4n) is 5.74. The quantitative estimate of drug-likeness (QED) is 0.790. The second-order valence-electron chi connectivity index (χ2n) is 8.18. The standard InChI is InChI=1S/C18H32N2O/c1-4-5-19-17(21)12(2)20-13(3)18-9-14-6-15(10-18)8-16(7-14)11-18/h12-16,20H,4-11H2,1-3H3,(H,19,21). The van der Waals surface area contributed by atoms with Gasteiger partial charge < -0.3 is 10.6 Å². The predicted molar refractivity (Wildman–Crippen MR) is 86.0 cm³/mol. The molecule has 1 amide bonds. The molecular formula is C18H32N2O. The first-order valence-corrected chi connectivity index (χ1v) is 9.06. The molecule has 0 aliphatic heterocycles. The summed E-state index contributed by atoms with van der Waals surface area (Å²) in [6, 6.07) is 0.396. The molecule has 4 rings (SSSR count). The van der Waals surface area contributed by atoms with E-state index in [2.05, 4.69) is 24.5 Å². The van der Waals surface area contributed by atoms with E-state index in [1.54, 1.807) is 0 Å². The molecule has 4 saturated carbocycles. The van der Waals surface area contributed by atoms with E-state index in [9.17, 15) is 4.79 Å². The molecule has 4 aliphatic carbocycles. The average molecular weight is 292 g/mol. The highest BCUT2D eigenvalue weighted by Gasteiger charge is 2.53. The van der Waals surface area contributed by atoms with Crippen molar-refractivity contribution >= 4 is 5.91 Å². The van der Waals surface area contributed by atoms with E-state index in [0.717, 1.165) is 30.7 Å². The molecule has 4 aliphatic rings. The van der Waals surface area contributed by atoms with E-state index in [4.69, 9.17) is 0 Å². The van der Waals surface area contributed by atoms with Gasteiger partial charge >= 0.3 is 0 Å². The van der Waals surface area contributed by atoms with Gasteiger partial charge in [0.25, 0.3) is 0 Å². The summed E-state index contributed by atoms with van der Waals surface area (Å²) < 4.78 is 0. The summed E-state index contributed by atoms with van der Waals surface area (Å²) in [5, 5.41) is 6.64. The Labute approximate surface area is 129 Å². The second kappa shape index (κ2) is 5.91. The Bertz CT molecular complexity index is 357. The maximum absolute atomic E-state index is 12.1. The molecule has 0 heterocycles. The van der Waals surface area contributed by atoms with Crippen molar-refractivity contribution in [1.82, 2.24) is 10.6 Å². The summed E-state index contributed by atoms with van der Waals surface area (Å²) in [6.07, 6.45) is 9.65. The van der Waals surface area contributed by atoms with Gasteiger partial charge in [-0.05, 0) is 82.0 Å². The van der Waals surface area contributed by atoms with Crippen LogP contribution in [0.25, 0.3) is 0 Å². The van der Waals surface area contributed by atoms with Crippen molar-refractivity contribution in [3.05, 3.63) is 0 Å². The SMILES string of the molecule is CCCNC(=O)C(C)NC(C)C12CC3CC(CC(C3)C1)C2. The van der Waals surface area contributed by atoms with Gasteiger partial charge in [-0.15, -0.1) is 0 Å². The predicted octanol–water partition coefficient (Wildman–Crippen LogP) is 3.10. The van der Waals surface area contributed by atoms with E-state index < -0.39 is 0 Å². The summed E-state index contributed by atoms with van der Waals surface area (Å²) in [4.78, 5) is 12.1. The van der Waals surface area contributed by atoms with Crippen LogP contribution in [-0.2, 0) is 4.79 Å². The van der Waals surface area contributed by atoms with Crippen molar-refractivity contribution in [3.63, 3.8) is 0 Å². The van der Waals surface area contributed by atoms with Crippen LogP contribution in [0.5, 0.6) is 0 Å². The molecule has 0 saturated heterocycles. The molecular weight excluding hydrogens is 260 g/mol. The van der Waals surface area contributed by atoms with Crippen molar-refractivity contribution in [2.24, 2.45) is 23.2 Å². The molecule has 2 atom stereocenters. The zero-order valence-corrected chi connectivity index (χ0v) is 14.0. The van der Waals surface area contributed by atoms with Gasteiger partial charge in [-0.3, -0.25) is 4.79 Å². The van der Waals surface area contributed by atoms with E-state index in [1.165, 1.54) is 38.5 Å². The number of hydrogen-bond acceptors (Lipinski definition) is 2. The van der Waals surface area contributed by atoms with E-state index >= 15 is 0 Å². The number of carbonyl (C=O) groups excluding carboxylic acids is 1. The Hall–Kier alpha value is -0.570. The Kier molecular flexibility index (Phi) is 4.31. The lowest BCUT2D eigenvalue weighted by atomic mass is 9.48. The van der Waals surface area contributed by atoms with Crippen molar-refractivity contribution in [2.45, 2.75) is 77.8 Å². The molecule has 21 heavy (non-hydrogen) atoms. The van der Waals surface area contributed by atoms with Crippen molar-refractivity contribution in [2.75, 3.05) is 6.54 Å². The Balaban J connectivity index is 1.60. The van der Waals surface area contributed by atoms with Gasteiger partial charge in [-0.25, -0.2) is 0 Å². The highest BCUT2D eigenvalue weighted by molar-refractivity contribution is 5.81. The van der Waals surface area contributed by atoms with Crippen LogP contribution in [0.3, 0.4) is 0 Å². The molecule has 3 heteroatoms. The third kappa shape index (κ3) is 2.99. The van der Waals surface area contributed by atoms with Gasteiger partial charge in [0.2, 0.25) is 5.91 Å². The van der Waals surface area contributed by atoms with Crippen LogP contribution in [-0.4, -0.2) is 24.5 Å². The molecule has 0 spiro atoms. The van der Waals surface area contributed by atoms with Crippen LogP contribution >= 0.6 is 0 Å². The summed E-state index contributed by atoms with van der Waals surface area (Å²) in [5.74, 6) is 3.09.